The van der Waals surface area contributed by atoms with Crippen LogP contribution in [0.1, 0.15) is 44.4 Å². The molecule has 1 aromatic carbocycles. The van der Waals surface area contributed by atoms with Crippen LogP contribution < -0.4 is 5.32 Å². The molecule has 0 spiro atoms. The standard InChI is InChI=1S/C19H32N2/c1-13(2)18-12-21(19(10-20-18)14(3)4)11-17-9-15(5)7-8-16(17)6/h7-9,13-14,18-20H,10-12H2,1-6H3. The predicted molar refractivity (Wildman–Crippen MR) is 91.6 cm³/mol. The largest absolute Gasteiger partial charge is 0.311 e. The highest BCUT2D eigenvalue weighted by Crippen LogP contribution is 2.22. The third-order valence-corrected chi connectivity index (χ3v) is 4.94. The number of nitrogens with zero attached hydrogens (tertiary/aromatic N) is 1. The van der Waals surface area contributed by atoms with Gasteiger partial charge in [0.15, 0.2) is 0 Å². The maximum absolute atomic E-state index is 3.75. The molecule has 2 nitrogen and oxygen atoms in total. The molecule has 1 aromatic rings. The van der Waals surface area contributed by atoms with E-state index in [0.29, 0.717) is 23.9 Å². The minimum atomic E-state index is 0.616. The van der Waals surface area contributed by atoms with Gasteiger partial charge in [0, 0.05) is 31.7 Å². The van der Waals surface area contributed by atoms with Gasteiger partial charge in [-0.3, -0.25) is 4.90 Å². The lowest BCUT2D eigenvalue weighted by Crippen LogP contribution is -2.59. The summed E-state index contributed by atoms with van der Waals surface area (Å²) in [6.45, 7) is 17.1. The van der Waals surface area contributed by atoms with Crippen molar-refractivity contribution in [1.29, 1.82) is 0 Å². The first-order chi connectivity index (χ1) is 9.88. The quantitative estimate of drug-likeness (QED) is 0.907. The molecule has 0 bridgehead atoms. The van der Waals surface area contributed by atoms with E-state index in [2.05, 4.69) is 70.0 Å². The molecule has 0 radical (unpaired) electrons. The fourth-order valence-corrected chi connectivity index (χ4v) is 3.33. The van der Waals surface area contributed by atoms with Crippen molar-refractivity contribution in [2.75, 3.05) is 13.1 Å². The number of hydrogen-bond donors (Lipinski definition) is 1. The normalized spacial score (nSPS) is 24.0. The van der Waals surface area contributed by atoms with Crippen LogP contribution in [0.25, 0.3) is 0 Å². The Balaban J connectivity index is 2.17. The van der Waals surface area contributed by atoms with Crippen LogP contribution in [0, 0.1) is 25.7 Å². The number of nitrogens with one attached hydrogen (secondary N) is 1. The topological polar surface area (TPSA) is 15.3 Å². The fraction of sp³-hybridized carbons (Fsp3) is 0.684. The van der Waals surface area contributed by atoms with Crippen LogP contribution in [-0.4, -0.2) is 30.1 Å². The Morgan fingerprint density at radius 2 is 1.86 bits per heavy atom. The van der Waals surface area contributed by atoms with E-state index in [0.717, 1.165) is 19.6 Å². The van der Waals surface area contributed by atoms with Gasteiger partial charge in [0.1, 0.15) is 0 Å². The second-order valence-electron chi connectivity index (χ2n) is 7.43. The summed E-state index contributed by atoms with van der Waals surface area (Å²) < 4.78 is 0. The van der Waals surface area contributed by atoms with E-state index in [9.17, 15) is 0 Å². The van der Waals surface area contributed by atoms with Crippen molar-refractivity contribution in [2.24, 2.45) is 11.8 Å². The zero-order valence-electron chi connectivity index (χ0n) is 14.6. The second kappa shape index (κ2) is 6.93. The highest BCUT2D eigenvalue weighted by Gasteiger charge is 2.31. The van der Waals surface area contributed by atoms with Crippen LogP contribution in [0.15, 0.2) is 18.2 Å². The first-order valence-corrected chi connectivity index (χ1v) is 8.42. The molecule has 0 saturated carbocycles. The number of benzene rings is 1. The lowest BCUT2D eigenvalue weighted by molar-refractivity contribution is 0.0782. The van der Waals surface area contributed by atoms with E-state index in [-0.39, 0.29) is 0 Å². The lowest BCUT2D eigenvalue weighted by atomic mass is 9.93. The Bertz CT molecular complexity index is 465. The monoisotopic (exact) mass is 288 g/mol. The van der Waals surface area contributed by atoms with E-state index in [1.165, 1.54) is 16.7 Å². The molecule has 1 aliphatic heterocycles. The molecular formula is C19H32N2. The Hall–Kier alpha value is -0.860. The minimum absolute atomic E-state index is 0.616. The minimum Gasteiger partial charge on any atom is -0.311 e. The maximum Gasteiger partial charge on any atom is 0.0247 e. The zero-order chi connectivity index (χ0) is 15.6. The summed E-state index contributed by atoms with van der Waals surface area (Å²) in [6, 6.07) is 8.09. The summed E-state index contributed by atoms with van der Waals surface area (Å²) in [7, 11) is 0. The van der Waals surface area contributed by atoms with Crippen LogP contribution in [-0.2, 0) is 6.54 Å². The molecule has 1 fully saturated rings. The molecule has 2 rings (SSSR count). The molecule has 2 atom stereocenters. The van der Waals surface area contributed by atoms with Gasteiger partial charge in [-0.25, -0.2) is 0 Å². The van der Waals surface area contributed by atoms with Gasteiger partial charge in [-0.15, -0.1) is 0 Å². The summed E-state index contributed by atoms with van der Waals surface area (Å²) in [4.78, 5) is 2.70. The number of hydrogen-bond acceptors (Lipinski definition) is 2. The van der Waals surface area contributed by atoms with E-state index in [1.54, 1.807) is 0 Å². The summed E-state index contributed by atoms with van der Waals surface area (Å²) in [6.07, 6.45) is 0. The van der Waals surface area contributed by atoms with Crippen molar-refractivity contribution < 1.29 is 0 Å². The third kappa shape index (κ3) is 4.08. The molecule has 1 saturated heterocycles. The highest BCUT2D eigenvalue weighted by atomic mass is 15.2. The Morgan fingerprint density at radius 1 is 1.14 bits per heavy atom. The fourth-order valence-electron chi connectivity index (χ4n) is 3.33. The van der Waals surface area contributed by atoms with Gasteiger partial charge >= 0.3 is 0 Å². The van der Waals surface area contributed by atoms with Crippen LogP contribution >= 0.6 is 0 Å². The van der Waals surface area contributed by atoms with Crippen molar-refractivity contribution in [3.8, 4) is 0 Å². The van der Waals surface area contributed by atoms with Gasteiger partial charge in [0.25, 0.3) is 0 Å². The predicted octanol–water partition coefficient (Wildman–Crippen LogP) is 3.76. The molecule has 0 amide bonds. The second-order valence-corrected chi connectivity index (χ2v) is 7.43. The van der Waals surface area contributed by atoms with Crippen molar-refractivity contribution in [3.63, 3.8) is 0 Å². The average Bonchev–Trinajstić information content (AvgIpc) is 2.42. The molecule has 0 aliphatic carbocycles. The summed E-state index contributed by atoms with van der Waals surface area (Å²) in [5.74, 6) is 1.38. The van der Waals surface area contributed by atoms with E-state index in [1.807, 2.05) is 0 Å². The van der Waals surface area contributed by atoms with Gasteiger partial charge in [-0.2, -0.15) is 0 Å². The Morgan fingerprint density at radius 3 is 2.48 bits per heavy atom. The summed E-state index contributed by atoms with van der Waals surface area (Å²) in [5, 5.41) is 3.75. The molecule has 118 valence electrons. The van der Waals surface area contributed by atoms with Crippen molar-refractivity contribution in [2.45, 2.75) is 60.2 Å². The van der Waals surface area contributed by atoms with E-state index >= 15 is 0 Å². The smallest absolute Gasteiger partial charge is 0.0247 e. The molecule has 2 heteroatoms. The van der Waals surface area contributed by atoms with Crippen molar-refractivity contribution in [1.82, 2.24) is 10.2 Å². The molecule has 21 heavy (non-hydrogen) atoms. The van der Waals surface area contributed by atoms with Gasteiger partial charge in [-0.05, 0) is 36.8 Å². The first-order valence-electron chi connectivity index (χ1n) is 8.42. The van der Waals surface area contributed by atoms with Crippen molar-refractivity contribution in [3.05, 3.63) is 34.9 Å². The van der Waals surface area contributed by atoms with Gasteiger partial charge < -0.3 is 5.32 Å². The SMILES string of the molecule is Cc1ccc(C)c(CN2CC(C(C)C)NCC2C(C)C)c1. The van der Waals surface area contributed by atoms with E-state index < -0.39 is 0 Å². The first kappa shape index (κ1) is 16.5. The molecule has 0 aromatic heterocycles. The zero-order valence-corrected chi connectivity index (χ0v) is 14.6. The van der Waals surface area contributed by atoms with Crippen LogP contribution in [0.3, 0.4) is 0 Å². The average molecular weight is 288 g/mol. The number of aryl methyl sites for hydroxylation is 2. The lowest BCUT2D eigenvalue weighted by Gasteiger charge is -2.44. The molecule has 1 aliphatic rings. The van der Waals surface area contributed by atoms with Crippen LogP contribution in [0.5, 0.6) is 0 Å². The molecule has 1 N–H and O–H groups in total. The number of piperazine rings is 1. The van der Waals surface area contributed by atoms with E-state index in [4.69, 9.17) is 0 Å². The summed E-state index contributed by atoms with van der Waals surface area (Å²) in [5.41, 5.74) is 4.28. The van der Waals surface area contributed by atoms with Crippen LogP contribution in [0.2, 0.25) is 0 Å². The maximum atomic E-state index is 3.75. The Labute approximate surface area is 130 Å². The molecule has 1 heterocycles. The van der Waals surface area contributed by atoms with Crippen molar-refractivity contribution >= 4 is 0 Å². The van der Waals surface area contributed by atoms with Crippen LogP contribution in [0.4, 0.5) is 0 Å². The van der Waals surface area contributed by atoms with Gasteiger partial charge in [0.05, 0.1) is 0 Å². The Kier molecular flexibility index (Phi) is 5.45. The molecule has 2 unspecified atom stereocenters. The van der Waals surface area contributed by atoms with Gasteiger partial charge in [-0.1, -0.05) is 51.5 Å². The highest BCUT2D eigenvalue weighted by molar-refractivity contribution is 5.30. The third-order valence-electron chi connectivity index (χ3n) is 4.94. The van der Waals surface area contributed by atoms with Gasteiger partial charge in [0.2, 0.25) is 0 Å². The number of rotatable bonds is 4. The molecular weight excluding hydrogens is 256 g/mol. The summed E-state index contributed by atoms with van der Waals surface area (Å²) >= 11 is 0.